The number of piperazine rings is 1. The van der Waals surface area contributed by atoms with E-state index < -0.39 is 6.09 Å². The zero-order chi connectivity index (χ0) is 22.7. The van der Waals surface area contributed by atoms with E-state index in [1.54, 1.807) is 40.7 Å². The Labute approximate surface area is 187 Å². The molecule has 11 heteroatoms. The van der Waals surface area contributed by atoms with E-state index in [9.17, 15) is 24.6 Å². The van der Waals surface area contributed by atoms with Gasteiger partial charge in [-0.15, -0.1) is 11.3 Å². The van der Waals surface area contributed by atoms with E-state index >= 15 is 0 Å². The summed E-state index contributed by atoms with van der Waals surface area (Å²) in [6.07, 6.45) is 2.09. The van der Waals surface area contributed by atoms with Gasteiger partial charge in [0.25, 0.3) is 5.91 Å². The quantitative estimate of drug-likeness (QED) is 0.515. The summed E-state index contributed by atoms with van der Waals surface area (Å²) in [5.74, 6) is -0.340. The van der Waals surface area contributed by atoms with Gasteiger partial charge in [0.05, 0.1) is 12.1 Å². The Morgan fingerprint density at radius 1 is 1.16 bits per heavy atom. The fourth-order valence-corrected chi connectivity index (χ4v) is 4.48. The summed E-state index contributed by atoms with van der Waals surface area (Å²) in [5.41, 5.74) is 1.09. The van der Waals surface area contributed by atoms with Crippen LogP contribution in [0.15, 0.2) is 42.0 Å². The Bertz CT molecular complexity index is 1120. The molecule has 1 aromatic carbocycles. The van der Waals surface area contributed by atoms with E-state index in [1.165, 1.54) is 17.5 Å². The van der Waals surface area contributed by atoms with E-state index in [0.29, 0.717) is 47.8 Å². The molecular formula is C21H23N5O5S. The number of nitrogens with zero attached hydrogens (tertiary/aromatic N) is 4. The van der Waals surface area contributed by atoms with Crippen LogP contribution in [0.3, 0.4) is 0 Å². The zero-order valence-electron chi connectivity index (χ0n) is 17.2. The Balaban J connectivity index is 1.33. The molecular weight excluding hydrogens is 434 g/mol. The number of amides is 2. The third-order valence-corrected chi connectivity index (χ3v) is 6.31. The molecule has 0 radical (unpaired) electrons. The van der Waals surface area contributed by atoms with Crippen LogP contribution in [0, 0.1) is 0 Å². The van der Waals surface area contributed by atoms with Crippen LogP contribution >= 0.6 is 11.3 Å². The lowest BCUT2D eigenvalue weighted by atomic mass is 10.1. The summed E-state index contributed by atoms with van der Waals surface area (Å²) < 4.78 is 1.11. The summed E-state index contributed by atoms with van der Waals surface area (Å²) in [4.78, 5) is 44.0. The molecule has 1 aliphatic rings. The first-order chi connectivity index (χ1) is 15.5. The van der Waals surface area contributed by atoms with E-state index in [-0.39, 0.29) is 30.9 Å². The minimum Gasteiger partial charge on any atom is -0.464 e. The van der Waals surface area contributed by atoms with Gasteiger partial charge in [-0.1, -0.05) is 0 Å². The average molecular weight is 458 g/mol. The highest BCUT2D eigenvalue weighted by molar-refractivity contribution is 7.11. The molecule has 4 rings (SSSR count). The molecule has 1 aliphatic heterocycles. The fourth-order valence-electron chi connectivity index (χ4n) is 3.88. The fraction of sp³-hybridized carbons (Fsp3) is 0.333. The number of nitrogens with one attached hydrogen (secondary N) is 1. The third kappa shape index (κ3) is 4.64. The van der Waals surface area contributed by atoms with Gasteiger partial charge in [-0.05, 0) is 24.3 Å². The normalized spacial score (nSPS) is 15.6. The number of hydrogen-bond acceptors (Lipinski definition) is 7. The van der Waals surface area contributed by atoms with Crippen LogP contribution in [-0.4, -0.2) is 86.3 Å². The maximum absolute atomic E-state index is 12.6. The maximum Gasteiger partial charge on any atom is 0.415 e. The highest BCUT2D eigenvalue weighted by atomic mass is 32.1. The van der Waals surface area contributed by atoms with E-state index in [2.05, 4.69) is 10.3 Å². The number of benzene rings is 1. The average Bonchev–Trinajstić information content (AvgIpc) is 3.47. The minimum absolute atomic E-state index is 0.0925. The molecule has 1 unspecified atom stereocenters. The van der Waals surface area contributed by atoms with Gasteiger partial charge in [0, 0.05) is 67.5 Å². The number of aromatic nitrogens is 2. The van der Waals surface area contributed by atoms with E-state index in [1.807, 2.05) is 4.90 Å². The molecule has 1 saturated heterocycles. The number of anilines is 1. The van der Waals surface area contributed by atoms with Crippen molar-refractivity contribution in [1.29, 1.82) is 0 Å². The highest BCUT2D eigenvalue weighted by Gasteiger charge is 2.28. The molecule has 0 saturated carbocycles. The SMILES string of the molecule is O=C(CC(CO)N1CCN(C(=O)c2nccs2)CC1)Nc1ccc2c(ccn2C(=O)O)c1. The Morgan fingerprint density at radius 3 is 2.59 bits per heavy atom. The zero-order valence-corrected chi connectivity index (χ0v) is 18.0. The molecule has 0 bridgehead atoms. The molecule has 3 N–H and O–H groups in total. The number of hydrogen-bond donors (Lipinski definition) is 3. The summed E-state index contributed by atoms with van der Waals surface area (Å²) >= 11 is 1.31. The van der Waals surface area contributed by atoms with E-state index in [0.717, 1.165) is 4.57 Å². The molecule has 32 heavy (non-hydrogen) atoms. The first-order valence-corrected chi connectivity index (χ1v) is 11.0. The van der Waals surface area contributed by atoms with E-state index in [4.69, 9.17) is 0 Å². The Hall–Kier alpha value is -3.28. The van der Waals surface area contributed by atoms with Gasteiger partial charge in [0.2, 0.25) is 5.91 Å². The minimum atomic E-state index is -1.07. The number of rotatable bonds is 6. The third-order valence-electron chi connectivity index (χ3n) is 5.54. The summed E-state index contributed by atoms with van der Waals surface area (Å²) in [5, 5.41) is 24.8. The lowest BCUT2D eigenvalue weighted by Gasteiger charge is -2.38. The molecule has 3 aromatic rings. The number of thiazole rings is 1. The first-order valence-electron chi connectivity index (χ1n) is 10.1. The summed E-state index contributed by atoms with van der Waals surface area (Å²) in [6.45, 7) is 1.96. The largest absolute Gasteiger partial charge is 0.464 e. The van der Waals surface area contributed by atoms with Crippen LogP contribution in [0.2, 0.25) is 0 Å². The van der Waals surface area contributed by atoms with Crippen LogP contribution in [-0.2, 0) is 4.79 Å². The number of aliphatic hydroxyl groups is 1. The molecule has 1 fully saturated rings. The smallest absolute Gasteiger partial charge is 0.415 e. The maximum atomic E-state index is 12.6. The molecule has 0 spiro atoms. The number of fused-ring (bicyclic) bond motifs is 1. The monoisotopic (exact) mass is 457 g/mol. The van der Waals surface area contributed by atoms with Crippen molar-refractivity contribution in [2.75, 3.05) is 38.1 Å². The molecule has 0 aliphatic carbocycles. The van der Waals surface area contributed by atoms with Crippen molar-refractivity contribution >= 4 is 45.8 Å². The lowest BCUT2D eigenvalue weighted by molar-refractivity contribution is -0.118. The summed E-state index contributed by atoms with van der Waals surface area (Å²) in [6, 6.07) is 6.31. The highest BCUT2D eigenvalue weighted by Crippen LogP contribution is 2.21. The predicted octanol–water partition coefficient (Wildman–Crippen LogP) is 1.77. The van der Waals surface area contributed by atoms with Gasteiger partial charge in [0.15, 0.2) is 5.01 Å². The Kier molecular flexibility index (Phi) is 6.49. The van der Waals surface area contributed by atoms with Crippen LogP contribution < -0.4 is 5.32 Å². The van der Waals surface area contributed by atoms with Crippen molar-refractivity contribution in [1.82, 2.24) is 19.4 Å². The second-order valence-corrected chi connectivity index (χ2v) is 8.39. The van der Waals surface area contributed by atoms with Crippen molar-refractivity contribution in [3.8, 4) is 0 Å². The van der Waals surface area contributed by atoms with Crippen molar-refractivity contribution < 1.29 is 24.6 Å². The van der Waals surface area contributed by atoms with Crippen LogP contribution in [0.4, 0.5) is 10.5 Å². The molecule has 2 amide bonds. The topological polar surface area (TPSA) is 128 Å². The molecule has 2 aromatic heterocycles. The number of carboxylic acid groups (broad SMARTS) is 1. The van der Waals surface area contributed by atoms with Crippen molar-refractivity contribution in [2.24, 2.45) is 0 Å². The van der Waals surface area contributed by atoms with Crippen molar-refractivity contribution in [3.63, 3.8) is 0 Å². The van der Waals surface area contributed by atoms with Crippen LogP contribution in [0.25, 0.3) is 10.9 Å². The number of carbonyl (C=O) groups excluding carboxylic acids is 2. The van der Waals surface area contributed by atoms with Crippen LogP contribution in [0.5, 0.6) is 0 Å². The van der Waals surface area contributed by atoms with Crippen molar-refractivity contribution in [2.45, 2.75) is 12.5 Å². The van der Waals surface area contributed by atoms with Gasteiger partial charge in [-0.25, -0.2) is 9.78 Å². The van der Waals surface area contributed by atoms with Gasteiger partial charge in [-0.2, -0.15) is 0 Å². The first kappa shape index (κ1) is 21.9. The molecule has 3 heterocycles. The molecule has 10 nitrogen and oxygen atoms in total. The standard InChI is InChI=1S/C21H23N5O5S/c27-13-16(24-6-8-25(9-7-24)20(29)19-22-4-10-32-19)12-18(28)23-15-1-2-17-14(11-15)3-5-26(17)21(30)31/h1-5,10-11,16,27H,6-9,12-13H2,(H,23,28)(H,30,31). The summed E-state index contributed by atoms with van der Waals surface area (Å²) in [7, 11) is 0. The lowest BCUT2D eigenvalue weighted by Crippen LogP contribution is -2.53. The Morgan fingerprint density at radius 2 is 1.94 bits per heavy atom. The predicted molar refractivity (Wildman–Crippen MR) is 119 cm³/mol. The number of aliphatic hydroxyl groups excluding tert-OH is 1. The molecule has 1 atom stereocenters. The molecule has 168 valence electrons. The van der Waals surface area contributed by atoms with Crippen LogP contribution in [0.1, 0.15) is 16.2 Å². The number of carbonyl (C=O) groups is 3. The van der Waals surface area contributed by atoms with Gasteiger partial charge >= 0.3 is 6.09 Å². The van der Waals surface area contributed by atoms with Gasteiger partial charge in [-0.3, -0.25) is 19.1 Å². The van der Waals surface area contributed by atoms with Gasteiger partial charge < -0.3 is 20.4 Å². The second kappa shape index (κ2) is 9.47. The van der Waals surface area contributed by atoms with Gasteiger partial charge in [0.1, 0.15) is 0 Å². The second-order valence-electron chi connectivity index (χ2n) is 7.50. The van der Waals surface area contributed by atoms with Crippen molar-refractivity contribution in [3.05, 3.63) is 47.0 Å².